The molecule has 0 amide bonds. The monoisotopic (exact) mass is 537 g/mol. The number of imidazole rings is 1. The number of aliphatic imine (C=N–C) groups is 1. The molecular weight excluding hydrogens is 511 g/mol. The predicted molar refractivity (Wildman–Crippen MR) is 119 cm³/mol. The summed E-state index contributed by atoms with van der Waals surface area (Å²) < 4.78 is 42.8. The number of rotatable bonds is 8. The summed E-state index contributed by atoms with van der Waals surface area (Å²) in [5.41, 5.74) is 0.499. The van der Waals surface area contributed by atoms with Crippen LogP contribution in [-0.4, -0.2) is 36.0 Å². The molecular formula is C19H26F2IN5O3. The minimum absolute atomic E-state index is 0. The molecule has 1 aliphatic rings. The summed E-state index contributed by atoms with van der Waals surface area (Å²) in [5, 5.41) is 6.27. The molecule has 2 heterocycles. The highest BCUT2D eigenvalue weighted by atomic mass is 127. The fraction of sp³-hybridized carbons (Fsp3) is 0.474. The summed E-state index contributed by atoms with van der Waals surface area (Å²) in [5.74, 6) is 2.78. The van der Waals surface area contributed by atoms with Crippen molar-refractivity contribution in [2.75, 3.05) is 13.8 Å². The molecule has 166 valence electrons. The lowest BCUT2D eigenvalue weighted by Crippen LogP contribution is -2.37. The normalized spacial score (nSPS) is 12.8. The zero-order valence-corrected chi connectivity index (χ0v) is 19.4. The second-order valence-corrected chi connectivity index (χ2v) is 6.86. The lowest BCUT2D eigenvalue weighted by atomic mass is 10.1. The number of fused-ring (bicyclic) bond motifs is 1. The lowest BCUT2D eigenvalue weighted by Gasteiger charge is -2.16. The maximum Gasteiger partial charge on any atom is 0.387 e. The second-order valence-electron chi connectivity index (χ2n) is 6.86. The van der Waals surface area contributed by atoms with E-state index in [9.17, 15) is 8.78 Å². The summed E-state index contributed by atoms with van der Waals surface area (Å²) >= 11 is 0. The number of halogens is 3. The molecule has 2 aromatic rings. The third-order valence-corrected chi connectivity index (χ3v) is 4.22. The maximum atomic E-state index is 12.8. The van der Waals surface area contributed by atoms with E-state index in [-0.39, 0.29) is 43.1 Å². The van der Waals surface area contributed by atoms with Gasteiger partial charge in [-0.1, -0.05) is 13.8 Å². The summed E-state index contributed by atoms with van der Waals surface area (Å²) in [6.07, 6.45) is 3.70. The molecule has 3 rings (SSSR count). The van der Waals surface area contributed by atoms with Gasteiger partial charge in [0.25, 0.3) is 0 Å². The average Bonchev–Trinajstić information content (AvgIpc) is 3.29. The number of guanidine groups is 1. The largest absolute Gasteiger partial charge is 0.454 e. The van der Waals surface area contributed by atoms with Gasteiger partial charge >= 0.3 is 6.61 Å². The number of aromatic nitrogens is 2. The SMILES string of the molecule is CN=C(NCc1cc2c(cc1OC(F)F)OCO2)NCc1nccn1CC(C)C.I. The van der Waals surface area contributed by atoms with Crippen LogP contribution in [0.1, 0.15) is 25.2 Å². The zero-order chi connectivity index (χ0) is 20.8. The van der Waals surface area contributed by atoms with Gasteiger partial charge in [0.15, 0.2) is 17.5 Å². The van der Waals surface area contributed by atoms with Crippen molar-refractivity contribution in [2.24, 2.45) is 10.9 Å². The van der Waals surface area contributed by atoms with E-state index >= 15 is 0 Å². The average molecular weight is 537 g/mol. The van der Waals surface area contributed by atoms with Crippen LogP contribution >= 0.6 is 24.0 Å². The molecule has 0 spiro atoms. The van der Waals surface area contributed by atoms with Crippen LogP contribution in [0.15, 0.2) is 29.5 Å². The van der Waals surface area contributed by atoms with E-state index in [1.807, 2.05) is 6.20 Å². The first-order valence-electron chi connectivity index (χ1n) is 9.28. The fourth-order valence-corrected chi connectivity index (χ4v) is 2.94. The molecule has 0 radical (unpaired) electrons. The molecule has 30 heavy (non-hydrogen) atoms. The van der Waals surface area contributed by atoms with Gasteiger partial charge < -0.3 is 29.4 Å². The molecule has 0 unspecified atom stereocenters. The number of benzene rings is 1. The second kappa shape index (κ2) is 11.2. The van der Waals surface area contributed by atoms with Crippen LogP contribution in [0.5, 0.6) is 17.2 Å². The molecule has 11 heteroatoms. The van der Waals surface area contributed by atoms with Crippen molar-refractivity contribution in [3.8, 4) is 17.2 Å². The first kappa shape index (κ1) is 24.0. The molecule has 1 aromatic carbocycles. The fourth-order valence-electron chi connectivity index (χ4n) is 2.94. The topological polar surface area (TPSA) is 81.9 Å². The van der Waals surface area contributed by atoms with E-state index < -0.39 is 6.61 Å². The summed E-state index contributed by atoms with van der Waals surface area (Å²) in [6, 6.07) is 3.03. The van der Waals surface area contributed by atoms with Gasteiger partial charge in [-0.05, 0) is 12.0 Å². The van der Waals surface area contributed by atoms with Crippen LogP contribution in [0.25, 0.3) is 0 Å². The Labute approximate surface area is 191 Å². The highest BCUT2D eigenvalue weighted by molar-refractivity contribution is 14.0. The van der Waals surface area contributed by atoms with Crippen molar-refractivity contribution >= 4 is 29.9 Å². The van der Waals surface area contributed by atoms with Gasteiger partial charge in [0.2, 0.25) is 6.79 Å². The minimum atomic E-state index is -2.94. The number of nitrogens with zero attached hydrogens (tertiary/aromatic N) is 3. The van der Waals surface area contributed by atoms with Crippen LogP contribution in [0.3, 0.4) is 0 Å². The standard InChI is InChI=1S/C19H25F2N5O3.HI/c1-12(2)10-26-5-4-23-17(26)9-25-19(22-3)24-8-13-6-15-16(28-11-27-15)7-14(13)29-18(20)21;/h4-7,12,18H,8-11H2,1-3H3,(H2,22,24,25);1H. The van der Waals surface area contributed by atoms with Crippen molar-refractivity contribution in [3.05, 3.63) is 35.9 Å². The first-order valence-corrected chi connectivity index (χ1v) is 9.28. The van der Waals surface area contributed by atoms with E-state index in [0.717, 1.165) is 12.4 Å². The molecule has 8 nitrogen and oxygen atoms in total. The minimum Gasteiger partial charge on any atom is -0.454 e. The zero-order valence-electron chi connectivity index (χ0n) is 17.0. The molecule has 0 bridgehead atoms. The van der Waals surface area contributed by atoms with Gasteiger partial charge in [-0.25, -0.2) is 4.98 Å². The van der Waals surface area contributed by atoms with E-state index in [1.165, 1.54) is 6.07 Å². The van der Waals surface area contributed by atoms with E-state index in [0.29, 0.717) is 35.5 Å². The highest BCUT2D eigenvalue weighted by Crippen LogP contribution is 2.38. The Bertz CT molecular complexity index is 861. The molecule has 0 atom stereocenters. The first-order chi connectivity index (χ1) is 14.0. The maximum absolute atomic E-state index is 12.8. The molecule has 2 N–H and O–H groups in total. The Hall–Kier alpha value is -2.31. The van der Waals surface area contributed by atoms with Crippen LogP contribution in [0.2, 0.25) is 0 Å². The summed E-state index contributed by atoms with van der Waals surface area (Å²) in [4.78, 5) is 8.53. The number of hydrogen-bond donors (Lipinski definition) is 2. The van der Waals surface area contributed by atoms with Crippen molar-refractivity contribution in [2.45, 2.75) is 40.1 Å². The Morgan fingerprint density at radius 2 is 1.93 bits per heavy atom. The number of hydrogen-bond acceptors (Lipinski definition) is 5. The van der Waals surface area contributed by atoms with Gasteiger partial charge in [-0.2, -0.15) is 8.78 Å². The van der Waals surface area contributed by atoms with Crippen molar-refractivity contribution in [1.29, 1.82) is 0 Å². The van der Waals surface area contributed by atoms with E-state index in [2.05, 4.69) is 43.8 Å². The van der Waals surface area contributed by atoms with Crippen LogP contribution in [0.4, 0.5) is 8.78 Å². The summed E-state index contributed by atoms with van der Waals surface area (Å²) in [6.45, 7) is 2.94. The molecule has 0 aliphatic carbocycles. The molecule has 0 fully saturated rings. The predicted octanol–water partition coefficient (Wildman–Crippen LogP) is 3.35. The van der Waals surface area contributed by atoms with Gasteiger partial charge in [0, 0.05) is 44.2 Å². The van der Waals surface area contributed by atoms with Crippen molar-refractivity contribution < 1.29 is 23.0 Å². The third-order valence-electron chi connectivity index (χ3n) is 4.22. The van der Waals surface area contributed by atoms with Gasteiger partial charge in [0.1, 0.15) is 11.6 Å². The van der Waals surface area contributed by atoms with Crippen molar-refractivity contribution in [1.82, 2.24) is 20.2 Å². The van der Waals surface area contributed by atoms with Gasteiger partial charge in [0.05, 0.1) is 6.54 Å². The Morgan fingerprint density at radius 3 is 2.60 bits per heavy atom. The highest BCUT2D eigenvalue weighted by Gasteiger charge is 2.20. The number of ether oxygens (including phenoxy) is 3. The molecule has 0 saturated heterocycles. The van der Waals surface area contributed by atoms with Crippen LogP contribution < -0.4 is 24.8 Å². The van der Waals surface area contributed by atoms with Crippen molar-refractivity contribution in [3.63, 3.8) is 0 Å². The Kier molecular flexibility index (Phi) is 8.93. The third kappa shape index (κ3) is 6.34. The van der Waals surface area contributed by atoms with Crippen LogP contribution in [0, 0.1) is 5.92 Å². The van der Waals surface area contributed by atoms with Crippen LogP contribution in [-0.2, 0) is 19.6 Å². The van der Waals surface area contributed by atoms with E-state index in [4.69, 9.17) is 9.47 Å². The Balaban J connectivity index is 0.00000320. The quantitative estimate of drug-likeness (QED) is 0.306. The smallest absolute Gasteiger partial charge is 0.387 e. The number of nitrogens with one attached hydrogen (secondary N) is 2. The molecule has 1 aromatic heterocycles. The molecule has 1 aliphatic heterocycles. The molecule has 0 saturated carbocycles. The Morgan fingerprint density at radius 1 is 1.23 bits per heavy atom. The van der Waals surface area contributed by atoms with Gasteiger partial charge in [-0.3, -0.25) is 4.99 Å². The number of alkyl halides is 2. The summed E-state index contributed by atoms with van der Waals surface area (Å²) in [7, 11) is 1.63. The lowest BCUT2D eigenvalue weighted by molar-refractivity contribution is -0.0505. The van der Waals surface area contributed by atoms with Gasteiger partial charge in [-0.15, -0.1) is 24.0 Å². The van der Waals surface area contributed by atoms with E-state index in [1.54, 1.807) is 19.3 Å².